The van der Waals surface area contributed by atoms with Gasteiger partial charge in [0.15, 0.2) is 0 Å². The maximum Gasteiger partial charge on any atom is 0.234 e. The molecule has 0 fully saturated rings. The smallest absolute Gasteiger partial charge is 0.234 e. The lowest BCUT2D eigenvalue weighted by atomic mass is 10.0. The zero-order valence-electron chi connectivity index (χ0n) is 11.4. The van der Waals surface area contributed by atoms with Gasteiger partial charge in [-0.3, -0.25) is 10.2 Å². The van der Waals surface area contributed by atoms with Gasteiger partial charge in [-0.15, -0.1) is 0 Å². The summed E-state index contributed by atoms with van der Waals surface area (Å²) in [6.07, 6.45) is 3.25. The number of nitrogens with one attached hydrogen (secondary N) is 2. The third-order valence-electron chi connectivity index (χ3n) is 2.86. The maximum atomic E-state index is 11.3. The van der Waals surface area contributed by atoms with Gasteiger partial charge >= 0.3 is 0 Å². The molecular formula is C14H22N2O2. The molecule has 0 saturated carbocycles. The van der Waals surface area contributed by atoms with Gasteiger partial charge in [0.05, 0.1) is 7.11 Å². The van der Waals surface area contributed by atoms with Gasteiger partial charge in [0.2, 0.25) is 5.91 Å². The van der Waals surface area contributed by atoms with Crippen LogP contribution in [0.1, 0.15) is 30.9 Å². The molecule has 100 valence electrons. The summed E-state index contributed by atoms with van der Waals surface area (Å²) < 4.78 is 5.29. The second-order valence-corrected chi connectivity index (χ2v) is 4.15. The van der Waals surface area contributed by atoms with E-state index >= 15 is 0 Å². The van der Waals surface area contributed by atoms with Crippen LogP contribution in [0.5, 0.6) is 5.75 Å². The molecule has 0 radical (unpaired) electrons. The summed E-state index contributed by atoms with van der Waals surface area (Å²) in [5.74, 6) is 0.968. The first-order valence-electron chi connectivity index (χ1n) is 6.32. The molecule has 1 amide bonds. The van der Waals surface area contributed by atoms with Crippen molar-refractivity contribution in [3.63, 3.8) is 0 Å². The van der Waals surface area contributed by atoms with E-state index in [0.717, 1.165) is 25.0 Å². The van der Waals surface area contributed by atoms with Gasteiger partial charge in [-0.1, -0.05) is 19.1 Å². The summed E-state index contributed by atoms with van der Waals surface area (Å²) in [5, 5.41) is 0. The van der Waals surface area contributed by atoms with E-state index in [1.54, 1.807) is 14.2 Å². The van der Waals surface area contributed by atoms with E-state index in [9.17, 15) is 4.79 Å². The number of hydrogen-bond donors (Lipinski definition) is 2. The Bertz CT molecular complexity index is 391. The van der Waals surface area contributed by atoms with E-state index in [0.29, 0.717) is 6.42 Å². The Morgan fingerprint density at radius 1 is 1.39 bits per heavy atom. The van der Waals surface area contributed by atoms with Crippen molar-refractivity contribution >= 4 is 5.91 Å². The Morgan fingerprint density at radius 2 is 2.17 bits per heavy atom. The molecule has 0 heterocycles. The molecule has 0 bridgehead atoms. The van der Waals surface area contributed by atoms with Crippen molar-refractivity contribution in [2.75, 3.05) is 14.2 Å². The molecule has 0 saturated heterocycles. The number of hydrazine groups is 1. The predicted octanol–water partition coefficient (Wildman–Crippen LogP) is 1.83. The zero-order chi connectivity index (χ0) is 13.4. The fourth-order valence-corrected chi connectivity index (χ4v) is 1.92. The topological polar surface area (TPSA) is 50.4 Å². The highest BCUT2D eigenvalue weighted by Crippen LogP contribution is 2.21. The Labute approximate surface area is 109 Å². The first-order valence-corrected chi connectivity index (χ1v) is 6.32. The number of carbonyl (C=O) groups excluding carboxylic acids is 1. The molecule has 0 spiro atoms. The fraction of sp³-hybridized carbons (Fsp3) is 0.500. The number of benzene rings is 1. The van der Waals surface area contributed by atoms with Crippen molar-refractivity contribution in [1.29, 1.82) is 0 Å². The van der Waals surface area contributed by atoms with Crippen LogP contribution in [0.25, 0.3) is 0 Å². The molecule has 1 rings (SSSR count). The zero-order valence-corrected chi connectivity index (χ0v) is 11.4. The largest absolute Gasteiger partial charge is 0.496 e. The quantitative estimate of drug-likeness (QED) is 0.726. The van der Waals surface area contributed by atoms with Crippen molar-refractivity contribution in [1.82, 2.24) is 10.9 Å². The Morgan fingerprint density at radius 3 is 2.78 bits per heavy atom. The lowest BCUT2D eigenvalue weighted by Crippen LogP contribution is -2.33. The monoisotopic (exact) mass is 250 g/mol. The number of amides is 1. The minimum atomic E-state index is 0.0294. The second-order valence-electron chi connectivity index (χ2n) is 4.15. The van der Waals surface area contributed by atoms with Crippen molar-refractivity contribution in [3.05, 3.63) is 29.3 Å². The molecular weight excluding hydrogens is 228 g/mol. The van der Waals surface area contributed by atoms with Crippen LogP contribution in [0.4, 0.5) is 0 Å². The van der Waals surface area contributed by atoms with Gasteiger partial charge in [0, 0.05) is 13.5 Å². The van der Waals surface area contributed by atoms with Gasteiger partial charge < -0.3 is 4.74 Å². The summed E-state index contributed by atoms with van der Waals surface area (Å²) in [4.78, 5) is 11.3. The Balaban J connectivity index is 2.50. The average molecular weight is 250 g/mol. The number of methoxy groups -OCH3 is 1. The van der Waals surface area contributed by atoms with Gasteiger partial charge in [-0.2, -0.15) is 0 Å². The van der Waals surface area contributed by atoms with Crippen LogP contribution in [0.2, 0.25) is 0 Å². The van der Waals surface area contributed by atoms with E-state index in [2.05, 4.69) is 29.9 Å². The lowest BCUT2D eigenvalue weighted by molar-refractivity contribution is -0.122. The van der Waals surface area contributed by atoms with Crippen LogP contribution >= 0.6 is 0 Å². The third kappa shape index (κ3) is 4.37. The molecule has 18 heavy (non-hydrogen) atoms. The molecule has 0 atom stereocenters. The maximum absolute atomic E-state index is 11.3. The standard InChI is InChI=1S/C14H22N2O2/c1-4-12-10-11(8-9-13(12)18-3)6-5-7-14(17)16-15-2/h8-10,15H,4-7H2,1-3H3,(H,16,17). The molecule has 4 heteroatoms. The molecule has 0 aliphatic carbocycles. The van der Waals surface area contributed by atoms with Crippen molar-refractivity contribution in [2.45, 2.75) is 32.6 Å². The van der Waals surface area contributed by atoms with Gasteiger partial charge in [0.25, 0.3) is 0 Å². The predicted molar refractivity (Wildman–Crippen MR) is 72.5 cm³/mol. The SMILES string of the molecule is CCc1cc(CCCC(=O)NNC)ccc1OC. The van der Waals surface area contributed by atoms with Gasteiger partial charge in [0.1, 0.15) is 5.75 Å². The van der Waals surface area contributed by atoms with E-state index in [1.165, 1.54) is 11.1 Å². The molecule has 0 aromatic heterocycles. The average Bonchev–Trinajstić information content (AvgIpc) is 2.38. The molecule has 0 aliphatic rings. The fourth-order valence-electron chi connectivity index (χ4n) is 1.92. The summed E-state index contributed by atoms with van der Waals surface area (Å²) >= 11 is 0. The van der Waals surface area contributed by atoms with Crippen LogP contribution in [-0.4, -0.2) is 20.1 Å². The minimum Gasteiger partial charge on any atom is -0.496 e. The summed E-state index contributed by atoms with van der Waals surface area (Å²) in [6.45, 7) is 2.11. The van der Waals surface area contributed by atoms with E-state index in [4.69, 9.17) is 4.74 Å². The van der Waals surface area contributed by atoms with Crippen LogP contribution in [0, 0.1) is 0 Å². The highest BCUT2D eigenvalue weighted by molar-refractivity contribution is 5.75. The minimum absolute atomic E-state index is 0.0294. The molecule has 0 unspecified atom stereocenters. The number of aryl methyl sites for hydroxylation is 2. The lowest BCUT2D eigenvalue weighted by Gasteiger charge is -2.09. The van der Waals surface area contributed by atoms with Crippen LogP contribution in [0.15, 0.2) is 18.2 Å². The first-order chi connectivity index (χ1) is 8.71. The summed E-state index contributed by atoms with van der Waals surface area (Å²) in [7, 11) is 3.38. The second kappa shape index (κ2) is 7.71. The van der Waals surface area contributed by atoms with Gasteiger partial charge in [-0.25, -0.2) is 5.43 Å². The Hall–Kier alpha value is -1.55. The number of carbonyl (C=O) groups is 1. The highest BCUT2D eigenvalue weighted by atomic mass is 16.5. The molecule has 1 aromatic rings. The van der Waals surface area contributed by atoms with Crippen LogP contribution < -0.4 is 15.6 Å². The van der Waals surface area contributed by atoms with E-state index in [-0.39, 0.29) is 5.91 Å². The summed E-state index contributed by atoms with van der Waals surface area (Å²) in [5.41, 5.74) is 7.67. The number of ether oxygens (including phenoxy) is 1. The van der Waals surface area contributed by atoms with Crippen LogP contribution in [0.3, 0.4) is 0 Å². The van der Waals surface area contributed by atoms with Gasteiger partial charge in [-0.05, 0) is 36.5 Å². The van der Waals surface area contributed by atoms with Crippen molar-refractivity contribution in [2.24, 2.45) is 0 Å². The van der Waals surface area contributed by atoms with Crippen molar-refractivity contribution < 1.29 is 9.53 Å². The normalized spacial score (nSPS) is 10.2. The summed E-state index contributed by atoms with van der Waals surface area (Å²) in [6, 6.07) is 6.23. The first kappa shape index (κ1) is 14.5. The Kier molecular flexibility index (Phi) is 6.22. The number of hydrogen-bond acceptors (Lipinski definition) is 3. The van der Waals surface area contributed by atoms with E-state index < -0.39 is 0 Å². The third-order valence-corrected chi connectivity index (χ3v) is 2.86. The molecule has 0 aliphatic heterocycles. The number of rotatable bonds is 7. The van der Waals surface area contributed by atoms with E-state index in [1.807, 2.05) is 6.07 Å². The highest BCUT2D eigenvalue weighted by Gasteiger charge is 2.04. The van der Waals surface area contributed by atoms with Crippen LogP contribution in [-0.2, 0) is 17.6 Å². The molecule has 4 nitrogen and oxygen atoms in total. The molecule has 2 N–H and O–H groups in total. The van der Waals surface area contributed by atoms with Crippen molar-refractivity contribution in [3.8, 4) is 5.75 Å². The molecule has 1 aromatic carbocycles.